The first-order valence-corrected chi connectivity index (χ1v) is 15.2. The molecule has 0 aromatic heterocycles. The molecular weight excluding hydrogens is 500 g/mol. The Morgan fingerprint density at radius 2 is 0.900 bits per heavy atom. The standard InChI is InChI=1S/C34H46N2O4/c1-33(2)19-23-15-29-31(39-21-37-29)17-25(23)27(35(33)5)13-11-9-7-8-10-12-14-28-26-18-32-30(38-22-40-32)16-24(26)20-34(3,4)36(28)6/h15-18H,7-14,19-22H2,1-6H3/q+2. The van der Waals surface area contributed by atoms with E-state index in [1.54, 1.807) is 0 Å². The molecule has 0 aliphatic carbocycles. The van der Waals surface area contributed by atoms with E-state index in [0.717, 1.165) is 48.7 Å². The first-order chi connectivity index (χ1) is 19.1. The SMILES string of the molecule is C[N+]1=C(CCCCCCCCC2=[N+](C)C(C)(C)Cc3cc4c(cc32)OCO4)c2cc3c(cc2CC1(C)C)OCO3. The van der Waals surface area contributed by atoms with Gasteiger partial charge in [-0.25, -0.2) is 9.15 Å². The summed E-state index contributed by atoms with van der Waals surface area (Å²) in [6.07, 6.45) is 11.8. The predicted octanol–water partition coefficient (Wildman–Crippen LogP) is 6.50. The van der Waals surface area contributed by atoms with E-state index in [9.17, 15) is 0 Å². The third-order valence-electron chi connectivity index (χ3n) is 9.77. The molecule has 0 fully saturated rings. The summed E-state index contributed by atoms with van der Waals surface area (Å²) in [5.41, 5.74) is 8.59. The summed E-state index contributed by atoms with van der Waals surface area (Å²) < 4.78 is 27.8. The molecule has 6 heteroatoms. The molecule has 2 aromatic carbocycles. The Morgan fingerprint density at radius 1 is 0.550 bits per heavy atom. The van der Waals surface area contributed by atoms with Gasteiger partial charge in [-0.1, -0.05) is 25.7 Å². The molecule has 6 rings (SSSR count). The summed E-state index contributed by atoms with van der Waals surface area (Å²) in [5.74, 6) is 3.58. The lowest BCUT2D eigenvalue weighted by Gasteiger charge is -2.29. The highest BCUT2D eigenvalue weighted by Gasteiger charge is 2.40. The lowest BCUT2D eigenvalue weighted by atomic mass is 9.83. The molecule has 6 nitrogen and oxygen atoms in total. The summed E-state index contributed by atoms with van der Waals surface area (Å²) in [6, 6.07) is 8.85. The molecule has 0 spiro atoms. The van der Waals surface area contributed by atoms with Crippen LogP contribution < -0.4 is 18.9 Å². The van der Waals surface area contributed by atoms with Crippen molar-refractivity contribution in [2.45, 2.75) is 103 Å². The maximum atomic E-state index is 5.71. The zero-order valence-corrected chi connectivity index (χ0v) is 25.3. The normalized spacial score (nSPS) is 19.6. The molecule has 4 aliphatic rings. The minimum absolute atomic E-state index is 0.104. The molecule has 0 N–H and O–H groups in total. The van der Waals surface area contributed by atoms with Crippen molar-refractivity contribution in [2.24, 2.45) is 0 Å². The minimum Gasteiger partial charge on any atom is -0.454 e. The largest absolute Gasteiger partial charge is 0.454 e. The van der Waals surface area contributed by atoms with Gasteiger partial charge in [-0.2, -0.15) is 0 Å². The van der Waals surface area contributed by atoms with Crippen molar-refractivity contribution in [3.8, 4) is 23.0 Å². The maximum Gasteiger partial charge on any atom is 0.231 e. The van der Waals surface area contributed by atoms with E-state index in [4.69, 9.17) is 18.9 Å². The second-order valence-corrected chi connectivity index (χ2v) is 13.3. The number of nitrogens with zero attached hydrogens (tertiary/aromatic N) is 2. The molecule has 40 heavy (non-hydrogen) atoms. The third kappa shape index (κ3) is 4.99. The van der Waals surface area contributed by atoms with E-state index in [2.05, 4.69) is 75.2 Å². The van der Waals surface area contributed by atoms with Crippen LogP contribution in [0.1, 0.15) is 101 Å². The zero-order valence-electron chi connectivity index (χ0n) is 25.3. The summed E-state index contributed by atoms with van der Waals surface area (Å²) in [6.45, 7) is 10.0. The van der Waals surface area contributed by atoms with Crippen LogP contribution in [0, 0.1) is 0 Å². The van der Waals surface area contributed by atoms with Crippen LogP contribution in [0.4, 0.5) is 0 Å². The van der Waals surface area contributed by atoms with Gasteiger partial charge < -0.3 is 18.9 Å². The van der Waals surface area contributed by atoms with Crippen LogP contribution in [0.15, 0.2) is 24.3 Å². The molecule has 214 valence electrons. The number of hydrogen-bond acceptors (Lipinski definition) is 4. The van der Waals surface area contributed by atoms with Crippen LogP contribution in [0.2, 0.25) is 0 Å². The highest BCUT2D eigenvalue weighted by atomic mass is 16.7. The molecule has 0 saturated carbocycles. The highest BCUT2D eigenvalue weighted by Crippen LogP contribution is 2.40. The molecule has 4 aliphatic heterocycles. The van der Waals surface area contributed by atoms with Gasteiger partial charge in [0.15, 0.2) is 45.5 Å². The topological polar surface area (TPSA) is 42.9 Å². The molecule has 0 amide bonds. The van der Waals surface area contributed by atoms with E-state index in [1.165, 1.54) is 72.2 Å². The smallest absolute Gasteiger partial charge is 0.231 e. The Morgan fingerprint density at radius 3 is 1.30 bits per heavy atom. The fourth-order valence-corrected chi connectivity index (χ4v) is 6.96. The molecule has 0 saturated heterocycles. The van der Waals surface area contributed by atoms with Gasteiger partial charge in [0.25, 0.3) is 0 Å². The minimum atomic E-state index is 0.104. The number of benzene rings is 2. The van der Waals surface area contributed by atoms with Gasteiger partial charge in [0, 0.05) is 64.5 Å². The third-order valence-corrected chi connectivity index (χ3v) is 9.77. The molecule has 0 atom stereocenters. The fraction of sp³-hybridized carbons (Fsp3) is 0.588. The Kier molecular flexibility index (Phi) is 7.08. The molecule has 0 radical (unpaired) electrons. The van der Waals surface area contributed by atoms with Gasteiger partial charge in [-0.05, 0) is 48.2 Å². The zero-order chi connectivity index (χ0) is 28.1. The number of rotatable bonds is 9. The van der Waals surface area contributed by atoms with Crippen LogP contribution in [-0.4, -0.2) is 59.3 Å². The Labute approximate surface area is 239 Å². The van der Waals surface area contributed by atoms with Crippen molar-refractivity contribution in [1.82, 2.24) is 0 Å². The van der Waals surface area contributed by atoms with Crippen LogP contribution in [0.3, 0.4) is 0 Å². The number of fused-ring (bicyclic) bond motifs is 4. The van der Waals surface area contributed by atoms with Gasteiger partial charge in [0.1, 0.15) is 14.1 Å². The number of ether oxygens (including phenoxy) is 4. The van der Waals surface area contributed by atoms with Crippen LogP contribution >= 0.6 is 0 Å². The maximum absolute atomic E-state index is 5.71. The molecule has 2 aromatic rings. The van der Waals surface area contributed by atoms with Crippen LogP contribution in [-0.2, 0) is 12.8 Å². The average molecular weight is 547 g/mol. The number of hydrogen-bond donors (Lipinski definition) is 0. The van der Waals surface area contributed by atoms with E-state index in [-0.39, 0.29) is 11.1 Å². The monoisotopic (exact) mass is 546 g/mol. The fourth-order valence-electron chi connectivity index (χ4n) is 6.96. The second kappa shape index (κ2) is 10.4. The van der Waals surface area contributed by atoms with Crippen molar-refractivity contribution in [3.05, 3.63) is 46.5 Å². The number of unbranched alkanes of at least 4 members (excludes halogenated alkanes) is 5. The van der Waals surface area contributed by atoms with Gasteiger partial charge in [-0.15, -0.1) is 0 Å². The lowest BCUT2D eigenvalue weighted by Crippen LogP contribution is -2.44. The van der Waals surface area contributed by atoms with Gasteiger partial charge in [-0.3, -0.25) is 0 Å². The van der Waals surface area contributed by atoms with Gasteiger partial charge in [0.05, 0.1) is 0 Å². The van der Waals surface area contributed by atoms with E-state index >= 15 is 0 Å². The molecule has 4 heterocycles. The quantitative estimate of drug-likeness (QED) is 0.266. The Bertz CT molecular complexity index is 1280. The Hall–Kier alpha value is -3.02. The van der Waals surface area contributed by atoms with Crippen molar-refractivity contribution in [1.29, 1.82) is 0 Å². The predicted molar refractivity (Wildman–Crippen MR) is 158 cm³/mol. The first-order valence-electron chi connectivity index (χ1n) is 15.2. The summed E-state index contributed by atoms with van der Waals surface area (Å²) in [7, 11) is 4.52. The lowest BCUT2D eigenvalue weighted by molar-refractivity contribution is -0.577. The second-order valence-electron chi connectivity index (χ2n) is 13.3. The van der Waals surface area contributed by atoms with E-state index < -0.39 is 0 Å². The number of likely N-dealkylation sites (N-methyl/N-ethyl adjacent to an activating group) is 2. The highest BCUT2D eigenvalue weighted by molar-refractivity contribution is 6.00. The summed E-state index contributed by atoms with van der Waals surface area (Å²) in [5, 5.41) is 0. The van der Waals surface area contributed by atoms with Crippen LogP contribution in [0.5, 0.6) is 23.0 Å². The van der Waals surface area contributed by atoms with Gasteiger partial charge >= 0.3 is 0 Å². The summed E-state index contributed by atoms with van der Waals surface area (Å²) >= 11 is 0. The average Bonchev–Trinajstić information content (AvgIpc) is 3.56. The summed E-state index contributed by atoms with van der Waals surface area (Å²) in [4.78, 5) is 0. The first kappa shape index (κ1) is 27.2. The molecular formula is C34H46N2O4+2. The van der Waals surface area contributed by atoms with Crippen LogP contribution in [0.25, 0.3) is 0 Å². The van der Waals surface area contributed by atoms with E-state index in [1.807, 2.05) is 0 Å². The van der Waals surface area contributed by atoms with Gasteiger partial charge in [0.2, 0.25) is 13.6 Å². The Balaban J connectivity index is 1.02. The molecule has 0 bridgehead atoms. The van der Waals surface area contributed by atoms with Crippen molar-refractivity contribution in [2.75, 3.05) is 27.7 Å². The van der Waals surface area contributed by atoms with Crippen molar-refractivity contribution in [3.63, 3.8) is 0 Å². The van der Waals surface area contributed by atoms with Crippen molar-refractivity contribution < 1.29 is 28.1 Å². The molecule has 0 unspecified atom stereocenters. The van der Waals surface area contributed by atoms with Crippen molar-refractivity contribution >= 4 is 11.4 Å². The van der Waals surface area contributed by atoms with E-state index in [0.29, 0.717) is 13.6 Å².